The van der Waals surface area contributed by atoms with E-state index in [0.29, 0.717) is 22.6 Å². The summed E-state index contributed by atoms with van der Waals surface area (Å²) in [5.74, 6) is 0.599. The van der Waals surface area contributed by atoms with Crippen molar-refractivity contribution in [2.45, 2.75) is 23.5 Å². The lowest BCUT2D eigenvalue weighted by atomic mass is 10.1. The Labute approximate surface area is 90.9 Å². The largest absolute Gasteiger partial charge is 0.495 e. The van der Waals surface area contributed by atoms with Crippen LogP contribution >= 0.6 is 0 Å². The van der Waals surface area contributed by atoms with Gasteiger partial charge in [0.05, 0.1) is 22.8 Å². The summed E-state index contributed by atoms with van der Waals surface area (Å²) >= 11 is 0. The van der Waals surface area contributed by atoms with Crippen LogP contribution in [0.1, 0.15) is 23.7 Å². The van der Waals surface area contributed by atoms with Crippen LogP contribution in [0, 0.1) is 0 Å². The summed E-state index contributed by atoms with van der Waals surface area (Å²) in [5.41, 5.74) is 0.547. The fourth-order valence-electron chi connectivity index (χ4n) is 1.75. The summed E-state index contributed by atoms with van der Waals surface area (Å²) < 4.78 is 17.2. The molecule has 0 aromatic heterocycles. The van der Waals surface area contributed by atoms with E-state index in [-0.39, 0.29) is 11.0 Å². The van der Waals surface area contributed by atoms with Crippen molar-refractivity contribution in [2.75, 3.05) is 7.11 Å². The highest BCUT2D eigenvalue weighted by Crippen LogP contribution is 2.33. The minimum atomic E-state index is -1.14. The van der Waals surface area contributed by atoms with E-state index in [1.165, 1.54) is 7.11 Å². The van der Waals surface area contributed by atoms with Crippen LogP contribution in [0.5, 0.6) is 5.75 Å². The maximum atomic E-state index is 12.0. The minimum Gasteiger partial charge on any atom is -0.495 e. The van der Waals surface area contributed by atoms with Crippen molar-refractivity contribution < 1.29 is 13.7 Å². The molecule has 4 heteroatoms. The molecule has 0 saturated heterocycles. The van der Waals surface area contributed by atoms with E-state index in [1.54, 1.807) is 18.2 Å². The molecule has 1 aliphatic rings. The van der Waals surface area contributed by atoms with E-state index in [4.69, 9.17) is 4.74 Å². The van der Waals surface area contributed by atoms with Crippen LogP contribution < -0.4 is 4.74 Å². The Bertz CT molecular complexity index is 439. The Morgan fingerprint density at radius 2 is 2.20 bits per heavy atom. The molecule has 0 fully saturated rings. The fraction of sp³-hybridized carbons (Fsp3) is 0.364. The zero-order chi connectivity index (χ0) is 11.0. The number of ketones is 1. The predicted octanol–water partition coefficient (Wildman–Crippen LogP) is 1.78. The van der Waals surface area contributed by atoms with Gasteiger partial charge in [-0.15, -0.1) is 0 Å². The molecular weight excluding hydrogens is 212 g/mol. The quantitative estimate of drug-likeness (QED) is 0.730. The van der Waals surface area contributed by atoms with Crippen molar-refractivity contribution >= 4 is 16.6 Å². The third kappa shape index (κ3) is 1.59. The fourth-order valence-corrected chi connectivity index (χ4v) is 3.20. The van der Waals surface area contributed by atoms with Gasteiger partial charge in [-0.3, -0.25) is 9.00 Å². The Kier molecular flexibility index (Phi) is 2.61. The van der Waals surface area contributed by atoms with Gasteiger partial charge in [-0.2, -0.15) is 0 Å². The molecule has 1 aliphatic heterocycles. The van der Waals surface area contributed by atoms with Gasteiger partial charge in [0.2, 0.25) is 0 Å². The van der Waals surface area contributed by atoms with Crippen molar-refractivity contribution in [1.82, 2.24) is 0 Å². The first kappa shape index (κ1) is 10.4. The molecule has 0 amide bonds. The number of carbonyl (C=O) groups excluding carboxylic acids is 1. The van der Waals surface area contributed by atoms with Crippen molar-refractivity contribution in [3.8, 4) is 5.75 Å². The van der Waals surface area contributed by atoms with Crippen LogP contribution in [-0.2, 0) is 10.8 Å². The molecule has 1 aromatic carbocycles. The number of hydrogen-bond acceptors (Lipinski definition) is 3. The second-order valence-electron chi connectivity index (χ2n) is 3.57. The molecule has 15 heavy (non-hydrogen) atoms. The molecule has 3 nitrogen and oxygen atoms in total. The van der Waals surface area contributed by atoms with E-state index < -0.39 is 10.8 Å². The highest BCUT2D eigenvalue weighted by molar-refractivity contribution is 7.86. The number of methoxy groups -OCH3 is 1. The number of ether oxygens (including phenoxy) is 1. The first-order chi connectivity index (χ1) is 7.15. The molecule has 80 valence electrons. The highest BCUT2D eigenvalue weighted by Gasteiger charge is 2.30. The minimum absolute atomic E-state index is 0.0519. The molecule has 0 saturated carbocycles. The van der Waals surface area contributed by atoms with Gasteiger partial charge in [-0.1, -0.05) is 13.0 Å². The summed E-state index contributed by atoms with van der Waals surface area (Å²) in [7, 11) is 0.387. The first-order valence-electron chi connectivity index (χ1n) is 4.76. The number of rotatable bonds is 1. The smallest absolute Gasteiger partial charge is 0.165 e. The SMILES string of the molecule is COc1cccc2c1S(=O)C(C)CC2=O. The van der Waals surface area contributed by atoms with Gasteiger partial charge in [0, 0.05) is 17.2 Å². The van der Waals surface area contributed by atoms with E-state index >= 15 is 0 Å². The number of fused-ring (bicyclic) bond motifs is 1. The molecular formula is C11H12O3S. The second kappa shape index (κ2) is 3.77. The summed E-state index contributed by atoms with van der Waals surface area (Å²) in [4.78, 5) is 12.3. The van der Waals surface area contributed by atoms with Crippen molar-refractivity contribution in [3.05, 3.63) is 23.8 Å². The van der Waals surface area contributed by atoms with Crippen LogP contribution in [0.25, 0.3) is 0 Å². The topological polar surface area (TPSA) is 43.4 Å². The molecule has 2 rings (SSSR count). The maximum absolute atomic E-state index is 12.0. The van der Waals surface area contributed by atoms with Gasteiger partial charge in [0.1, 0.15) is 5.75 Å². The molecule has 0 bridgehead atoms. The number of benzene rings is 1. The van der Waals surface area contributed by atoms with Gasteiger partial charge in [0.25, 0.3) is 0 Å². The van der Waals surface area contributed by atoms with Gasteiger partial charge in [-0.05, 0) is 12.1 Å². The van der Waals surface area contributed by atoms with Gasteiger partial charge in [-0.25, -0.2) is 0 Å². The molecule has 2 atom stereocenters. The van der Waals surface area contributed by atoms with Crippen LogP contribution in [0.3, 0.4) is 0 Å². The lowest BCUT2D eigenvalue weighted by Gasteiger charge is -2.21. The number of hydrogen-bond donors (Lipinski definition) is 0. The first-order valence-corrected chi connectivity index (χ1v) is 5.97. The molecule has 0 radical (unpaired) electrons. The van der Waals surface area contributed by atoms with Crippen molar-refractivity contribution in [3.63, 3.8) is 0 Å². The highest BCUT2D eigenvalue weighted by atomic mass is 32.2. The summed E-state index contributed by atoms with van der Waals surface area (Å²) in [6.07, 6.45) is 0.354. The lowest BCUT2D eigenvalue weighted by molar-refractivity contribution is 0.0976. The van der Waals surface area contributed by atoms with E-state index in [0.717, 1.165) is 0 Å². The molecule has 0 spiro atoms. The predicted molar refractivity (Wildman–Crippen MR) is 57.8 cm³/mol. The second-order valence-corrected chi connectivity index (χ2v) is 5.38. The average Bonchev–Trinajstić information content (AvgIpc) is 2.25. The van der Waals surface area contributed by atoms with E-state index in [2.05, 4.69) is 0 Å². The monoisotopic (exact) mass is 224 g/mol. The average molecular weight is 224 g/mol. The third-order valence-electron chi connectivity index (χ3n) is 2.54. The maximum Gasteiger partial charge on any atom is 0.165 e. The van der Waals surface area contributed by atoms with Gasteiger partial charge < -0.3 is 4.74 Å². The number of carbonyl (C=O) groups is 1. The molecule has 2 unspecified atom stereocenters. The normalized spacial score (nSPS) is 24.8. The molecule has 0 aliphatic carbocycles. The third-order valence-corrected chi connectivity index (χ3v) is 4.26. The Morgan fingerprint density at radius 3 is 2.87 bits per heavy atom. The summed E-state index contributed by atoms with van der Waals surface area (Å²) in [6.45, 7) is 1.82. The van der Waals surface area contributed by atoms with E-state index in [9.17, 15) is 9.00 Å². The van der Waals surface area contributed by atoms with Crippen LogP contribution in [-0.4, -0.2) is 22.4 Å². The standard InChI is InChI=1S/C11H12O3S/c1-7-6-9(12)8-4-3-5-10(14-2)11(8)15(7)13/h3-5,7H,6H2,1-2H3. The van der Waals surface area contributed by atoms with Gasteiger partial charge >= 0.3 is 0 Å². The zero-order valence-electron chi connectivity index (χ0n) is 8.65. The van der Waals surface area contributed by atoms with E-state index in [1.807, 2.05) is 6.92 Å². The van der Waals surface area contributed by atoms with Crippen LogP contribution in [0.15, 0.2) is 23.1 Å². The van der Waals surface area contributed by atoms with Crippen LogP contribution in [0.4, 0.5) is 0 Å². The molecule has 1 aromatic rings. The summed E-state index contributed by atoms with van der Waals surface area (Å²) in [6, 6.07) is 5.20. The number of Topliss-reactive ketones (excluding diaryl/α,β-unsaturated/α-hetero) is 1. The Balaban J connectivity index is 2.66. The Hall–Kier alpha value is -1.16. The zero-order valence-corrected chi connectivity index (χ0v) is 9.47. The van der Waals surface area contributed by atoms with Crippen molar-refractivity contribution in [2.24, 2.45) is 0 Å². The Morgan fingerprint density at radius 1 is 1.47 bits per heavy atom. The lowest BCUT2D eigenvalue weighted by Crippen LogP contribution is -2.24. The van der Waals surface area contributed by atoms with Crippen LogP contribution in [0.2, 0.25) is 0 Å². The summed E-state index contributed by atoms with van der Waals surface area (Å²) in [5, 5.41) is -0.124. The molecule has 0 N–H and O–H groups in total. The van der Waals surface area contributed by atoms with Crippen molar-refractivity contribution in [1.29, 1.82) is 0 Å². The van der Waals surface area contributed by atoms with Gasteiger partial charge in [0.15, 0.2) is 5.78 Å². The molecule has 1 heterocycles.